The molecule has 2 N–H and O–H groups in total. The van der Waals surface area contributed by atoms with Gasteiger partial charge in [0.2, 0.25) is 0 Å². The molecule has 0 unspecified atom stereocenters. The van der Waals surface area contributed by atoms with E-state index < -0.39 is 7.12 Å². The average molecular weight is 192 g/mol. The van der Waals surface area contributed by atoms with E-state index in [4.69, 9.17) is 10.0 Å². The van der Waals surface area contributed by atoms with Crippen LogP contribution in [-0.4, -0.2) is 22.9 Å². The Balaban J connectivity index is 3.13. The average Bonchev–Trinajstić information content (AvgIpc) is 2.16. The summed E-state index contributed by atoms with van der Waals surface area (Å²) in [6.45, 7) is 3.56. The molecule has 0 aromatic heterocycles. The lowest BCUT2D eigenvalue weighted by Crippen LogP contribution is -2.35. The van der Waals surface area contributed by atoms with Crippen molar-refractivity contribution in [3.05, 3.63) is 29.8 Å². The van der Waals surface area contributed by atoms with E-state index >= 15 is 0 Å². The molecule has 4 heteroatoms. The van der Waals surface area contributed by atoms with Gasteiger partial charge < -0.3 is 10.0 Å². The van der Waals surface area contributed by atoms with E-state index in [1.165, 1.54) is 0 Å². The van der Waals surface area contributed by atoms with Crippen LogP contribution in [-0.2, 0) is 0 Å². The highest BCUT2D eigenvalue weighted by molar-refractivity contribution is 6.60. The molecular weight excluding hydrogens is 179 g/mol. The van der Waals surface area contributed by atoms with Gasteiger partial charge in [0.15, 0.2) is 5.78 Å². The second-order valence-corrected chi connectivity index (χ2v) is 3.48. The first-order valence-electron chi connectivity index (χ1n) is 4.53. The Labute approximate surface area is 83.5 Å². The van der Waals surface area contributed by atoms with Crippen LogP contribution in [0.4, 0.5) is 0 Å². The molecule has 0 fully saturated rings. The molecule has 1 aromatic carbocycles. The summed E-state index contributed by atoms with van der Waals surface area (Å²) in [6.07, 6.45) is 0. The van der Waals surface area contributed by atoms with E-state index in [2.05, 4.69) is 0 Å². The molecule has 0 aliphatic heterocycles. The third kappa shape index (κ3) is 2.22. The van der Waals surface area contributed by atoms with Crippen molar-refractivity contribution in [1.29, 1.82) is 0 Å². The Morgan fingerprint density at radius 2 is 1.86 bits per heavy atom. The molecule has 3 nitrogen and oxygen atoms in total. The molecular formula is C10H13BO3. The predicted octanol–water partition coefficient (Wildman–Crippen LogP) is 0.205. The summed E-state index contributed by atoms with van der Waals surface area (Å²) in [6, 6.07) is 6.53. The van der Waals surface area contributed by atoms with E-state index in [1.807, 2.05) is 0 Å². The Morgan fingerprint density at radius 1 is 1.29 bits per heavy atom. The first-order valence-corrected chi connectivity index (χ1v) is 4.53. The molecule has 0 saturated heterocycles. The zero-order valence-electron chi connectivity index (χ0n) is 8.27. The molecule has 0 amide bonds. The van der Waals surface area contributed by atoms with Crippen LogP contribution in [0.5, 0.6) is 0 Å². The van der Waals surface area contributed by atoms with Crippen LogP contribution < -0.4 is 5.46 Å². The van der Waals surface area contributed by atoms with Crippen LogP contribution in [0.2, 0.25) is 0 Å². The van der Waals surface area contributed by atoms with Crippen molar-refractivity contribution in [1.82, 2.24) is 0 Å². The van der Waals surface area contributed by atoms with Gasteiger partial charge in [-0.3, -0.25) is 4.79 Å². The lowest BCUT2D eigenvalue weighted by Gasteiger charge is -2.09. The van der Waals surface area contributed by atoms with Crippen molar-refractivity contribution in [3.63, 3.8) is 0 Å². The Morgan fingerprint density at radius 3 is 2.36 bits per heavy atom. The minimum absolute atomic E-state index is 0.0753. The monoisotopic (exact) mass is 192 g/mol. The van der Waals surface area contributed by atoms with E-state index in [0.717, 1.165) is 0 Å². The lowest BCUT2D eigenvalue weighted by atomic mass is 9.75. The molecule has 14 heavy (non-hydrogen) atoms. The molecule has 0 atom stereocenters. The van der Waals surface area contributed by atoms with Crippen LogP contribution in [0.15, 0.2) is 24.3 Å². The molecule has 1 rings (SSSR count). The highest BCUT2D eigenvalue weighted by Crippen LogP contribution is 2.06. The highest BCUT2D eigenvalue weighted by Gasteiger charge is 2.20. The van der Waals surface area contributed by atoms with E-state index in [9.17, 15) is 4.79 Å². The number of ketones is 1. The molecule has 0 spiro atoms. The first kappa shape index (κ1) is 11.0. The molecule has 1 aromatic rings. The minimum Gasteiger partial charge on any atom is -0.423 e. The molecule has 0 aliphatic carbocycles. The van der Waals surface area contributed by atoms with Crippen molar-refractivity contribution in [2.24, 2.45) is 5.92 Å². The summed E-state index contributed by atoms with van der Waals surface area (Å²) in [5, 5.41) is 18.1. The maximum atomic E-state index is 11.6. The number of carbonyl (C=O) groups is 1. The van der Waals surface area contributed by atoms with Crippen molar-refractivity contribution >= 4 is 18.4 Å². The van der Waals surface area contributed by atoms with E-state index in [-0.39, 0.29) is 17.2 Å². The smallest absolute Gasteiger partial charge is 0.423 e. The van der Waals surface area contributed by atoms with Gasteiger partial charge in [0.05, 0.1) is 0 Å². The van der Waals surface area contributed by atoms with Crippen LogP contribution >= 0.6 is 0 Å². The largest absolute Gasteiger partial charge is 0.489 e. The molecule has 0 aliphatic rings. The van der Waals surface area contributed by atoms with Crippen molar-refractivity contribution < 1.29 is 14.8 Å². The summed E-state index contributed by atoms with van der Waals surface area (Å²) >= 11 is 0. The van der Waals surface area contributed by atoms with Gasteiger partial charge in [-0.25, -0.2) is 0 Å². The van der Waals surface area contributed by atoms with Crippen molar-refractivity contribution in [2.45, 2.75) is 13.8 Å². The maximum absolute atomic E-state index is 11.6. The summed E-state index contributed by atoms with van der Waals surface area (Å²) in [4.78, 5) is 11.6. The van der Waals surface area contributed by atoms with Gasteiger partial charge in [-0.05, 0) is 5.46 Å². The fourth-order valence-electron chi connectivity index (χ4n) is 1.26. The van der Waals surface area contributed by atoms with Gasteiger partial charge in [0, 0.05) is 11.5 Å². The quantitative estimate of drug-likeness (QED) is 0.531. The second kappa shape index (κ2) is 4.40. The summed E-state index contributed by atoms with van der Waals surface area (Å²) in [5.74, 6) is -0.219. The fourth-order valence-corrected chi connectivity index (χ4v) is 1.26. The minimum atomic E-state index is -1.59. The maximum Gasteiger partial charge on any atom is 0.489 e. The number of Topliss-reactive ketones (excluding diaryl/α,β-unsaturated/α-hetero) is 1. The third-order valence-corrected chi connectivity index (χ3v) is 2.03. The standard InChI is InChI=1S/C10H13BO3/c1-7(2)10(12)8-5-3-4-6-9(8)11(13)14/h3-7,13-14H,1-2H3. The van der Waals surface area contributed by atoms with Gasteiger partial charge in [-0.1, -0.05) is 38.1 Å². The summed E-state index contributed by atoms with van der Waals surface area (Å²) in [5.41, 5.74) is 0.656. The van der Waals surface area contributed by atoms with Crippen LogP contribution in [0, 0.1) is 5.92 Å². The van der Waals surface area contributed by atoms with Crippen LogP contribution in [0.1, 0.15) is 24.2 Å². The number of hydrogen-bond acceptors (Lipinski definition) is 3. The van der Waals surface area contributed by atoms with Crippen molar-refractivity contribution in [3.8, 4) is 0 Å². The molecule has 0 heterocycles. The summed E-state index contributed by atoms with van der Waals surface area (Å²) in [7, 11) is -1.59. The van der Waals surface area contributed by atoms with E-state index in [0.29, 0.717) is 5.56 Å². The normalized spacial score (nSPS) is 10.4. The summed E-state index contributed by atoms with van der Waals surface area (Å²) < 4.78 is 0. The van der Waals surface area contributed by atoms with Gasteiger partial charge in [-0.15, -0.1) is 0 Å². The topological polar surface area (TPSA) is 57.5 Å². The number of rotatable bonds is 3. The molecule has 0 saturated carbocycles. The van der Waals surface area contributed by atoms with E-state index in [1.54, 1.807) is 38.1 Å². The number of benzene rings is 1. The third-order valence-electron chi connectivity index (χ3n) is 2.03. The van der Waals surface area contributed by atoms with Gasteiger partial charge in [-0.2, -0.15) is 0 Å². The second-order valence-electron chi connectivity index (χ2n) is 3.48. The zero-order chi connectivity index (χ0) is 10.7. The van der Waals surface area contributed by atoms with Crippen LogP contribution in [0.3, 0.4) is 0 Å². The molecule has 74 valence electrons. The Bertz CT molecular complexity index is 334. The molecule has 0 radical (unpaired) electrons. The Hall–Kier alpha value is -1.13. The zero-order valence-corrected chi connectivity index (χ0v) is 8.27. The molecule has 0 bridgehead atoms. The van der Waals surface area contributed by atoms with Gasteiger partial charge in [0.1, 0.15) is 0 Å². The SMILES string of the molecule is CC(C)C(=O)c1ccccc1B(O)O. The first-order chi connectivity index (χ1) is 6.54. The van der Waals surface area contributed by atoms with Crippen LogP contribution in [0.25, 0.3) is 0 Å². The lowest BCUT2D eigenvalue weighted by molar-refractivity contribution is 0.0940. The van der Waals surface area contributed by atoms with Crippen molar-refractivity contribution in [2.75, 3.05) is 0 Å². The highest BCUT2D eigenvalue weighted by atomic mass is 16.4. The number of carbonyl (C=O) groups excluding carboxylic acids is 1. The van der Waals surface area contributed by atoms with Gasteiger partial charge >= 0.3 is 7.12 Å². The number of hydrogen-bond donors (Lipinski definition) is 2. The Kier molecular flexibility index (Phi) is 3.44. The fraction of sp³-hybridized carbons (Fsp3) is 0.300. The van der Waals surface area contributed by atoms with Gasteiger partial charge in [0.25, 0.3) is 0 Å². The predicted molar refractivity (Wildman–Crippen MR) is 55.4 cm³/mol.